The topological polar surface area (TPSA) is 104 Å². The third-order valence-electron chi connectivity index (χ3n) is 6.43. The zero-order valence-electron chi connectivity index (χ0n) is 26.2. The highest BCUT2D eigenvalue weighted by atomic mass is 32.2. The standard InChI is InChI=1S/C36H51NO5S/c1-4-5-6-7-8-9-10-11-12-13-14-15-16-17-18-19-20-21-24-43-28-32(38)26-30(25-29(2)3)35(40)37-31-22-23-34(39)33(27-31)36(41)42/h5-6,8-9,11-12,14-15,17-18,22-23,27,29-30,39H,4,7,10,13,16,19-21,24-26,28H2,1-3H3,(H,37,40)(H,41,42)/b6-5-,9-8-,12-11-,15-14-,18-17-. The van der Waals surface area contributed by atoms with Gasteiger partial charge in [-0.3, -0.25) is 9.59 Å². The Morgan fingerprint density at radius 2 is 1.44 bits per heavy atom. The summed E-state index contributed by atoms with van der Waals surface area (Å²) in [7, 11) is 0. The number of anilines is 1. The van der Waals surface area contributed by atoms with Crippen molar-refractivity contribution in [3.63, 3.8) is 0 Å². The van der Waals surface area contributed by atoms with Gasteiger partial charge in [0.15, 0.2) is 0 Å². The van der Waals surface area contributed by atoms with Crippen LogP contribution in [0.4, 0.5) is 5.69 Å². The van der Waals surface area contributed by atoms with Crippen LogP contribution in [0.5, 0.6) is 5.75 Å². The minimum Gasteiger partial charge on any atom is -0.507 e. The van der Waals surface area contributed by atoms with E-state index in [2.05, 4.69) is 73.0 Å². The number of aromatic hydroxyl groups is 1. The molecule has 3 N–H and O–H groups in total. The van der Waals surface area contributed by atoms with Crippen LogP contribution in [0, 0.1) is 11.8 Å². The lowest BCUT2D eigenvalue weighted by atomic mass is 9.92. The van der Waals surface area contributed by atoms with Gasteiger partial charge >= 0.3 is 5.97 Å². The summed E-state index contributed by atoms with van der Waals surface area (Å²) in [6.07, 6.45) is 30.8. The minimum atomic E-state index is -1.28. The number of hydrogen-bond donors (Lipinski definition) is 3. The first-order valence-electron chi connectivity index (χ1n) is 15.5. The van der Waals surface area contributed by atoms with E-state index in [9.17, 15) is 24.6 Å². The molecule has 0 spiro atoms. The summed E-state index contributed by atoms with van der Waals surface area (Å²) in [5.41, 5.74) is -0.00433. The number of thioether (sulfide) groups is 1. The van der Waals surface area contributed by atoms with E-state index < -0.39 is 11.9 Å². The van der Waals surface area contributed by atoms with Crippen molar-refractivity contribution >= 4 is 35.1 Å². The predicted molar refractivity (Wildman–Crippen MR) is 182 cm³/mol. The molecular weight excluding hydrogens is 558 g/mol. The van der Waals surface area contributed by atoms with Crippen molar-refractivity contribution in [3.05, 3.63) is 84.5 Å². The van der Waals surface area contributed by atoms with E-state index in [0.29, 0.717) is 12.2 Å². The Morgan fingerprint density at radius 1 is 0.860 bits per heavy atom. The molecule has 0 aliphatic rings. The number of carbonyl (C=O) groups excluding carboxylic acids is 2. The number of carbonyl (C=O) groups is 3. The first kappa shape index (κ1) is 37.7. The van der Waals surface area contributed by atoms with Crippen molar-refractivity contribution < 1.29 is 24.6 Å². The molecule has 1 unspecified atom stereocenters. The summed E-state index contributed by atoms with van der Waals surface area (Å²) in [4.78, 5) is 36.8. The molecule has 0 aromatic heterocycles. The number of Topliss-reactive ketones (excluding diaryl/α,β-unsaturated/α-hetero) is 1. The molecule has 1 aromatic rings. The van der Waals surface area contributed by atoms with Crippen LogP contribution in [0.15, 0.2) is 79.0 Å². The predicted octanol–water partition coefficient (Wildman–Crippen LogP) is 9.31. The van der Waals surface area contributed by atoms with Gasteiger partial charge in [-0.05, 0) is 87.7 Å². The molecule has 0 radical (unpaired) electrons. The van der Waals surface area contributed by atoms with Crippen molar-refractivity contribution in [1.82, 2.24) is 0 Å². The SMILES string of the molecule is CC/C=C\C/C=C\C/C=C\C/C=C\C/C=C\CCCCSCC(=O)CC(CC(C)C)C(=O)Nc1ccc(O)c(C(=O)O)c1. The van der Waals surface area contributed by atoms with Crippen molar-refractivity contribution in [2.75, 3.05) is 16.8 Å². The Morgan fingerprint density at radius 3 is 2.00 bits per heavy atom. The summed E-state index contributed by atoms with van der Waals surface area (Å²) < 4.78 is 0. The molecule has 43 heavy (non-hydrogen) atoms. The van der Waals surface area contributed by atoms with Crippen LogP contribution >= 0.6 is 11.8 Å². The molecule has 0 aliphatic heterocycles. The summed E-state index contributed by atoms with van der Waals surface area (Å²) >= 11 is 1.61. The lowest BCUT2D eigenvalue weighted by molar-refractivity contribution is -0.125. The van der Waals surface area contributed by atoms with Crippen molar-refractivity contribution in [3.8, 4) is 5.75 Å². The van der Waals surface area contributed by atoms with E-state index in [1.807, 2.05) is 13.8 Å². The number of aromatic carboxylic acids is 1. The zero-order chi connectivity index (χ0) is 31.7. The van der Waals surface area contributed by atoms with Gasteiger partial charge in [-0.1, -0.05) is 81.5 Å². The average Bonchev–Trinajstić information content (AvgIpc) is 2.96. The van der Waals surface area contributed by atoms with Crippen molar-refractivity contribution in [2.24, 2.45) is 11.8 Å². The van der Waals surface area contributed by atoms with Gasteiger partial charge in [-0.25, -0.2) is 4.79 Å². The first-order chi connectivity index (χ1) is 20.7. The van der Waals surface area contributed by atoms with Crippen LogP contribution in [-0.2, 0) is 9.59 Å². The third-order valence-corrected chi connectivity index (χ3v) is 7.53. The summed E-state index contributed by atoms with van der Waals surface area (Å²) in [6.45, 7) is 6.14. The van der Waals surface area contributed by atoms with Crippen LogP contribution in [-0.4, -0.2) is 39.4 Å². The Kier molecular flexibility index (Phi) is 21.2. The molecule has 0 saturated heterocycles. The molecule has 0 fully saturated rings. The molecule has 1 amide bonds. The molecule has 7 heteroatoms. The van der Waals surface area contributed by atoms with Gasteiger partial charge in [0.2, 0.25) is 5.91 Å². The maximum absolute atomic E-state index is 12.9. The minimum absolute atomic E-state index is 0.0422. The van der Waals surface area contributed by atoms with E-state index in [0.717, 1.165) is 57.1 Å². The van der Waals surface area contributed by atoms with Gasteiger partial charge < -0.3 is 15.5 Å². The smallest absolute Gasteiger partial charge is 0.339 e. The number of ketones is 1. The van der Waals surface area contributed by atoms with Gasteiger partial charge in [0.05, 0.1) is 5.75 Å². The highest BCUT2D eigenvalue weighted by Crippen LogP contribution is 2.24. The Hall–Kier alpha value is -3.32. The number of carboxylic acids is 1. The maximum atomic E-state index is 12.9. The third kappa shape index (κ3) is 19.5. The number of unbranched alkanes of at least 4 members (excludes halogenated alkanes) is 2. The number of allylic oxidation sites excluding steroid dienone is 10. The number of rotatable bonds is 23. The molecule has 0 aliphatic carbocycles. The largest absolute Gasteiger partial charge is 0.507 e. The second-order valence-electron chi connectivity index (χ2n) is 10.9. The molecule has 0 heterocycles. The monoisotopic (exact) mass is 609 g/mol. The summed E-state index contributed by atoms with van der Waals surface area (Å²) in [5, 5.41) is 21.6. The van der Waals surface area contributed by atoms with Gasteiger partial charge in [-0.2, -0.15) is 11.8 Å². The summed E-state index contributed by atoms with van der Waals surface area (Å²) in [6, 6.07) is 3.91. The molecule has 1 aromatic carbocycles. The normalized spacial score (nSPS) is 12.9. The molecular formula is C36H51NO5S. The highest BCUT2D eigenvalue weighted by molar-refractivity contribution is 7.99. The fourth-order valence-electron chi connectivity index (χ4n) is 4.24. The van der Waals surface area contributed by atoms with Gasteiger partial charge in [-0.15, -0.1) is 0 Å². The van der Waals surface area contributed by atoms with Crippen LogP contribution in [0.1, 0.15) is 95.3 Å². The molecule has 1 rings (SSSR count). The summed E-state index contributed by atoms with van der Waals surface area (Å²) in [5.74, 6) is -0.903. The van der Waals surface area contributed by atoms with Crippen LogP contribution < -0.4 is 5.32 Å². The number of carboxylic acid groups (broad SMARTS) is 1. The molecule has 0 bridgehead atoms. The van der Waals surface area contributed by atoms with Crippen molar-refractivity contribution in [2.45, 2.75) is 85.0 Å². The molecule has 0 saturated carbocycles. The van der Waals surface area contributed by atoms with Crippen molar-refractivity contribution in [1.29, 1.82) is 0 Å². The quantitative estimate of drug-likeness (QED) is 0.0649. The first-order valence-corrected chi connectivity index (χ1v) is 16.6. The van der Waals surface area contributed by atoms with Crippen LogP contribution in [0.25, 0.3) is 0 Å². The molecule has 6 nitrogen and oxygen atoms in total. The fourth-order valence-corrected chi connectivity index (χ4v) is 5.13. The highest BCUT2D eigenvalue weighted by Gasteiger charge is 2.23. The Labute approximate surface area is 263 Å². The van der Waals surface area contributed by atoms with Crippen LogP contribution in [0.2, 0.25) is 0 Å². The molecule has 236 valence electrons. The van der Waals surface area contributed by atoms with Gasteiger partial charge in [0.25, 0.3) is 0 Å². The van der Waals surface area contributed by atoms with E-state index in [-0.39, 0.29) is 41.0 Å². The maximum Gasteiger partial charge on any atom is 0.339 e. The zero-order valence-corrected chi connectivity index (χ0v) is 27.0. The number of hydrogen-bond acceptors (Lipinski definition) is 5. The lowest BCUT2D eigenvalue weighted by Crippen LogP contribution is -2.27. The van der Waals surface area contributed by atoms with Gasteiger partial charge in [0.1, 0.15) is 17.1 Å². The number of phenols is 1. The van der Waals surface area contributed by atoms with E-state index >= 15 is 0 Å². The lowest BCUT2D eigenvalue weighted by Gasteiger charge is -2.18. The second kappa shape index (κ2) is 24.2. The fraction of sp³-hybridized carbons (Fsp3) is 0.472. The van der Waals surface area contributed by atoms with E-state index in [1.165, 1.54) is 18.2 Å². The van der Waals surface area contributed by atoms with E-state index in [4.69, 9.17) is 0 Å². The Balaban J connectivity index is 2.23. The molecule has 1 atom stereocenters. The Bertz CT molecular complexity index is 1120. The number of amides is 1. The van der Waals surface area contributed by atoms with E-state index in [1.54, 1.807) is 11.8 Å². The van der Waals surface area contributed by atoms with Crippen LogP contribution in [0.3, 0.4) is 0 Å². The van der Waals surface area contributed by atoms with Gasteiger partial charge in [0, 0.05) is 18.0 Å². The second-order valence-corrected chi connectivity index (χ2v) is 12.0. The average molecular weight is 610 g/mol. The number of benzene rings is 1. The number of nitrogens with one attached hydrogen (secondary N) is 1.